The highest BCUT2D eigenvalue weighted by molar-refractivity contribution is 9.10. The van der Waals surface area contributed by atoms with Gasteiger partial charge in [0.05, 0.1) is 10.2 Å². The lowest BCUT2D eigenvalue weighted by Crippen LogP contribution is -1.95. The highest BCUT2D eigenvalue weighted by Gasteiger charge is 2.05. The van der Waals surface area contributed by atoms with Gasteiger partial charge < -0.3 is 4.74 Å². The summed E-state index contributed by atoms with van der Waals surface area (Å²) >= 11 is 5.08. The van der Waals surface area contributed by atoms with Crippen molar-refractivity contribution >= 4 is 37.5 Å². The van der Waals surface area contributed by atoms with E-state index in [9.17, 15) is 0 Å². The van der Waals surface area contributed by atoms with E-state index >= 15 is 0 Å². The maximum absolute atomic E-state index is 5.74. The Morgan fingerprint density at radius 3 is 2.67 bits per heavy atom. The van der Waals surface area contributed by atoms with Crippen molar-refractivity contribution in [2.45, 2.75) is 6.61 Å². The zero-order chi connectivity index (χ0) is 12.4. The first-order valence-corrected chi connectivity index (χ1v) is 7.15. The molecule has 0 atom stereocenters. The molecule has 90 valence electrons. The predicted molar refractivity (Wildman–Crippen MR) is 78.1 cm³/mol. The third-order valence-corrected chi connectivity index (χ3v) is 4.31. The molecule has 0 aliphatic rings. The van der Waals surface area contributed by atoms with Gasteiger partial charge in [-0.1, -0.05) is 57.6 Å². The SMILES string of the molecule is Brc1ccccc1COc1nc2ccccc2s1. The van der Waals surface area contributed by atoms with E-state index in [0.717, 1.165) is 20.3 Å². The zero-order valence-corrected chi connectivity index (χ0v) is 11.9. The molecule has 18 heavy (non-hydrogen) atoms. The van der Waals surface area contributed by atoms with Crippen LogP contribution in [-0.2, 0) is 6.61 Å². The van der Waals surface area contributed by atoms with Crippen LogP contribution in [0.2, 0.25) is 0 Å². The summed E-state index contributed by atoms with van der Waals surface area (Å²) in [4.78, 5) is 4.44. The van der Waals surface area contributed by atoms with Gasteiger partial charge in [-0.3, -0.25) is 0 Å². The zero-order valence-electron chi connectivity index (χ0n) is 9.47. The van der Waals surface area contributed by atoms with Crippen molar-refractivity contribution in [2.24, 2.45) is 0 Å². The van der Waals surface area contributed by atoms with Gasteiger partial charge in [0, 0.05) is 10.0 Å². The molecule has 0 bridgehead atoms. The number of benzene rings is 2. The number of halogens is 1. The molecule has 3 rings (SSSR count). The van der Waals surface area contributed by atoms with Crippen LogP contribution in [0.15, 0.2) is 53.0 Å². The van der Waals surface area contributed by atoms with Gasteiger partial charge in [-0.15, -0.1) is 0 Å². The number of hydrogen-bond acceptors (Lipinski definition) is 3. The van der Waals surface area contributed by atoms with Crippen LogP contribution in [0.25, 0.3) is 10.2 Å². The minimum absolute atomic E-state index is 0.529. The molecule has 0 N–H and O–H groups in total. The molecule has 0 amide bonds. The van der Waals surface area contributed by atoms with Gasteiger partial charge in [-0.2, -0.15) is 0 Å². The molecule has 1 heterocycles. The van der Waals surface area contributed by atoms with Gasteiger partial charge in [0.2, 0.25) is 0 Å². The van der Waals surface area contributed by atoms with Crippen molar-refractivity contribution in [1.82, 2.24) is 4.98 Å². The molecule has 0 spiro atoms. The van der Waals surface area contributed by atoms with Crippen LogP contribution in [0.3, 0.4) is 0 Å². The second kappa shape index (κ2) is 5.08. The molecule has 3 aromatic rings. The summed E-state index contributed by atoms with van der Waals surface area (Å²) in [6, 6.07) is 16.1. The topological polar surface area (TPSA) is 22.1 Å². The van der Waals surface area contributed by atoms with Crippen molar-refractivity contribution in [3.8, 4) is 5.19 Å². The van der Waals surface area contributed by atoms with Crippen LogP contribution >= 0.6 is 27.3 Å². The lowest BCUT2D eigenvalue weighted by atomic mass is 10.2. The monoisotopic (exact) mass is 319 g/mol. The summed E-state index contributed by atoms with van der Waals surface area (Å²) in [5.74, 6) is 0. The molecule has 1 aromatic heterocycles. The van der Waals surface area contributed by atoms with Gasteiger partial charge >= 0.3 is 0 Å². The van der Waals surface area contributed by atoms with E-state index in [1.54, 1.807) is 11.3 Å². The quantitative estimate of drug-likeness (QED) is 0.701. The minimum Gasteiger partial charge on any atom is -0.465 e. The van der Waals surface area contributed by atoms with E-state index in [1.807, 2.05) is 42.5 Å². The summed E-state index contributed by atoms with van der Waals surface area (Å²) in [5, 5.41) is 0.715. The smallest absolute Gasteiger partial charge is 0.274 e. The maximum Gasteiger partial charge on any atom is 0.274 e. The van der Waals surface area contributed by atoms with Gasteiger partial charge in [-0.05, 0) is 18.2 Å². The van der Waals surface area contributed by atoms with Crippen LogP contribution in [0.5, 0.6) is 5.19 Å². The maximum atomic E-state index is 5.74. The normalized spacial score (nSPS) is 10.7. The van der Waals surface area contributed by atoms with Crippen LogP contribution in [0, 0.1) is 0 Å². The first-order chi connectivity index (χ1) is 8.83. The Kier molecular flexibility index (Phi) is 3.30. The number of para-hydroxylation sites is 1. The van der Waals surface area contributed by atoms with Crippen molar-refractivity contribution in [3.05, 3.63) is 58.6 Å². The van der Waals surface area contributed by atoms with Gasteiger partial charge in [0.15, 0.2) is 0 Å². The van der Waals surface area contributed by atoms with E-state index in [1.165, 1.54) is 0 Å². The molecule has 2 aromatic carbocycles. The fourth-order valence-corrected chi connectivity index (χ4v) is 2.88. The van der Waals surface area contributed by atoms with Gasteiger partial charge in [0.25, 0.3) is 5.19 Å². The number of aromatic nitrogens is 1. The number of rotatable bonds is 3. The molecule has 0 aliphatic carbocycles. The summed E-state index contributed by atoms with van der Waals surface area (Å²) in [7, 11) is 0. The Morgan fingerprint density at radius 2 is 1.83 bits per heavy atom. The van der Waals surface area contributed by atoms with Crippen molar-refractivity contribution in [2.75, 3.05) is 0 Å². The average Bonchev–Trinajstić information content (AvgIpc) is 2.80. The molecule has 0 saturated heterocycles. The summed E-state index contributed by atoms with van der Waals surface area (Å²) in [6.45, 7) is 0.529. The Bertz CT molecular complexity index is 647. The van der Waals surface area contributed by atoms with E-state index in [4.69, 9.17) is 4.74 Å². The molecule has 0 unspecified atom stereocenters. The average molecular weight is 320 g/mol. The van der Waals surface area contributed by atoms with Crippen molar-refractivity contribution < 1.29 is 4.74 Å². The predicted octanol–water partition coefficient (Wildman–Crippen LogP) is 4.64. The highest BCUT2D eigenvalue weighted by atomic mass is 79.9. The van der Waals surface area contributed by atoms with Crippen LogP contribution in [-0.4, -0.2) is 4.98 Å². The molecule has 0 fully saturated rings. The second-order valence-electron chi connectivity index (χ2n) is 3.83. The van der Waals surface area contributed by atoms with Crippen LogP contribution < -0.4 is 4.74 Å². The number of nitrogens with zero attached hydrogens (tertiary/aromatic N) is 1. The van der Waals surface area contributed by atoms with Gasteiger partial charge in [-0.25, -0.2) is 4.98 Å². The minimum atomic E-state index is 0.529. The van der Waals surface area contributed by atoms with Gasteiger partial charge in [0.1, 0.15) is 6.61 Å². The Balaban J connectivity index is 1.79. The van der Waals surface area contributed by atoms with E-state index in [2.05, 4.69) is 27.0 Å². The number of ether oxygens (including phenoxy) is 1. The Labute approximate surface area is 117 Å². The molecule has 2 nitrogen and oxygen atoms in total. The molecule has 0 radical (unpaired) electrons. The first-order valence-electron chi connectivity index (χ1n) is 5.55. The summed E-state index contributed by atoms with van der Waals surface area (Å²) in [6.07, 6.45) is 0. The Hall–Kier alpha value is -1.39. The largest absolute Gasteiger partial charge is 0.465 e. The highest BCUT2D eigenvalue weighted by Crippen LogP contribution is 2.28. The summed E-state index contributed by atoms with van der Waals surface area (Å²) < 4.78 is 7.95. The standard InChI is InChI=1S/C14H10BrNOS/c15-11-6-2-1-5-10(11)9-17-14-16-12-7-3-4-8-13(12)18-14/h1-8H,9H2. The molecule has 0 saturated carbocycles. The Morgan fingerprint density at radius 1 is 1.06 bits per heavy atom. The number of fused-ring (bicyclic) bond motifs is 1. The van der Waals surface area contributed by atoms with Crippen molar-refractivity contribution in [3.63, 3.8) is 0 Å². The third-order valence-electron chi connectivity index (χ3n) is 2.58. The van der Waals surface area contributed by atoms with E-state index in [0.29, 0.717) is 11.8 Å². The molecule has 4 heteroatoms. The summed E-state index contributed by atoms with van der Waals surface area (Å²) in [5.41, 5.74) is 2.11. The van der Waals surface area contributed by atoms with E-state index in [-0.39, 0.29) is 0 Å². The van der Waals surface area contributed by atoms with Crippen molar-refractivity contribution in [1.29, 1.82) is 0 Å². The lowest BCUT2D eigenvalue weighted by Gasteiger charge is -2.04. The third kappa shape index (κ3) is 2.40. The molecular formula is C14H10BrNOS. The lowest BCUT2D eigenvalue weighted by molar-refractivity contribution is 0.304. The fraction of sp³-hybridized carbons (Fsp3) is 0.0714. The molecule has 0 aliphatic heterocycles. The number of thiazole rings is 1. The molecular weight excluding hydrogens is 310 g/mol. The van der Waals surface area contributed by atoms with Crippen LogP contribution in [0.4, 0.5) is 0 Å². The fourth-order valence-electron chi connectivity index (χ4n) is 1.67. The first kappa shape index (κ1) is 11.7. The number of hydrogen-bond donors (Lipinski definition) is 0. The second-order valence-corrected chi connectivity index (χ2v) is 5.68. The van der Waals surface area contributed by atoms with E-state index < -0.39 is 0 Å². The van der Waals surface area contributed by atoms with Crippen LogP contribution in [0.1, 0.15) is 5.56 Å².